The van der Waals surface area contributed by atoms with E-state index in [-0.39, 0.29) is 11.9 Å². The number of carbonyl (C=O) groups is 1. The average molecular weight is 376 g/mol. The fourth-order valence-corrected chi connectivity index (χ4v) is 3.64. The van der Waals surface area contributed by atoms with Crippen LogP contribution in [0.25, 0.3) is 0 Å². The Morgan fingerprint density at radius 2 is 1.68 bits per heavy atom. The number of nitrogens with zero attached hydrogens (tertiary/aromatic N) is 2. The molecule has 0 aliphatic rings. The van der Waals surface area contributed by atoms with Crippen molar-refractivity contribution >= 4 is 5.91 Å². The van der Waals surface area contributed by atoms with Gasteiger partial charge < -0.3 is 5.32 Å². The van der Waals surface area contributed by atoms with Gasteiger partial charge >= 0.3 is 0 Å². The number of nitrogens with one attached hydrogen (secondary N) is 1. The normalized spacial score (nSPS) is 12.0. The monoisotopic (exact) mass is 375 g/mol. The Kier molecular flexibility index (Phi) is 6.64. The van der Waals surface area contributed by atoms with Crippen molar-refractivity contribution in [1.29, 1.82) is 0 Å². The number of hydrogen-bond donors (Lipinski definition) is 1. The number of carbonyl (C=O) groups excluding carboxylic acids is 1. The van der Waals surface area contributed by atoms with Crippen LogP contribution in [0.3, 0.4) is 0 Å². The van der Waals surface area contributed by atoms with Gasteiger partial charge in [0.15, 0.2) is 0 Å². The van der Waals surface area contributed by atoms with Gasteiger partial charge in [-0.3, -0.25) is 9.48 Å². The molecule has 0 spiro atoms. The lowest BCUT2D eigenvalue weighted by atomic mass is 9.98. The smallest absolute Gasteiger partial charge is 0.225 e. The molecular formula is C24H29N3O. The third-order valence-corrected chi connectivity index (χ3v) is 5.33. The van der Waals surface area contributed by atoms with E-state index in [1.54, 1.807) is 0 Å². The first-order valence-electron chi connectivity index (χ1n) is 9.92. The number of amides is 1. The van der Waals surface area contributed by atoms with E-state index in [2.05, 4.69) is 46.8 Å². The van der Waals surface area contributed by atoms with Gasteiger partial charge in [-0.05, 0) is 44.2 Å². The summed E-state index contributed by atoms with van der Waals surface area (Å²) in [6, 6.07) is 20.8. The lowest BCUT2D eigenvalue weighted by molar-refractivity contribution is -0.121. The molecule has 2 aromatic carbocycles. The second-order valence-corrected chi connectivity index (χ2v) is 7.36. The largest absolute Gasteiger partial charge is 0.349 e. The molecule has 1 atom stereocenters. The Bertz CT molecular complexity index is 900. The number of hydrogen-bond acceptors (Lipinski definition) is 2. The Labute approximate surface area is 167 Å². The maximum absolute atomic E-state index is 12.8. The summed E-state index contributed by atoms with van der Waals surface area (Å²) in [5.41, 5.74) is 5.49. The lowest BCUT2D eigenvalue weighted by Crippen LogP contribution is -2.30. The maximum Gasteiger partial charge on any atom is 0.225 e. The van der Waals surface area contributed by atoms with E-state index in [1.165, 1.54) is 5.56 Å². The molecule has 0 fully saturated rings. The van der Waals surface area contributed by atoms with Crippen LogP contribution in [0, 0.1) is 13.8 Å². The van der Waals surface area contributed by atoms with Crippen molar-refractivity contribution in [2.24, 2.45) is 7.05 Å². The Balaban J connectivity index is 1.66. The molecule has 28 heavy (non-hydrogen) atoms. The van der Waals surface area contributed by atoms with Gasteiger partial charge in [0.05, 0.1) is 18.2 Å². The van der Waals surface area contributed by atoms with Gasteiger partial charge in [0.2, 0.25) is 5.91 Å². The SMILES string of the molecule is Cc1nn(C)c(C)c1CC(=O)NC(CCCc1ccccc1)c1ccccc1. The van der Waals surface area contributed by atoms with Gasteiger partial charge in [0, 0.05) is 18.3 Å². The highest BCUT2D eigenvalue weighted by Gasteiger charge is 2.18. The average Bonchev–Trinajstić information content (AvgIpc) is 2.95. The molecule has 4 nitrogen and oxygen atoms in total. The molecule has 0 saturated carbocycles. The molecule has 4 heteroatoms. The molecule has 1 N–H and O–H groups in total. The first-order chi connectivity index (χ1) is 13.5. The molecule has 0 saturated heterocycles. The van der Waals surface area contributed by atoms with Crippen LogP contribution in [0.5, 0.6) is 0 Å². The number of aromatic nitrogens is 2. The molecule has 1 amide bonds. The van der Waals surface area contributed by atoms with Crippen molar-refractivity contribution in [1.82, 2.24) is 15.1 Å². The van der Waals surface area contributed by atoms with E-state index in [0.717, 1.165) is 41.8 Å². The molecular weight excluding hydrogens is 346 g/mol. The van der Waals surface area contributed by atoms with Crippen molar-refractivity contribution in [3.8, 4) is 0 Å². The molecule has 0 bridgehead atoms. The van der Waals surface area contributed by atoms with Crippen molar-refractivity contribution in [3.05, 3.63) is 88.7 Å². The molecule has 3 rings (SSSR count). The van der Waals surface area contributed by atoms with E-state index in [1.807, 2.05) is 49.8 Å². The zero-order chi connectivity index (χ0) is 19.9. The van der Waals surface area contributed by atoms with Gasteiger partial charge in [-0.2, -0.15) is 5.10 Å². The summed E-state index contributed by atoms with van der Waals surface area (Å²) in [6.07, 6.45) is 3.32. The van der Waals surface area contributed by atoms with Crippen molar-refractivity contribution in [2.75, 3.05) is 0 Å². The molecule has 0 radical (unpaired) electrons. The fraction of sp³-hybridized carbons (Fsp3) is 0.333. The first kappa shape index (κ1) is 19.9. The molecule has 1 unspecified atom stereocenters. The van der Waals surface area contributed by atoms with Gasteiger partial charge in [-0.15, -0.1) is 0 Å². The molecule has 0 aliphatic carbocycles. The zero-order valence-corrected chi connectivity index (χ0v) is 17.0. The first-order valence-corrected chi connectivity index (χ1v) is 9.92. The minimum atomic E-state index is 0.0229. The number of rotatable bonds is 8. The Morgan fingerprint density at radius 3 is 2.29 bits per heavy atom. The second-order valence-electron chi connectivity index (χ2n) is 7.36. The van der Waals surface area contributed by atoms with E-state index < -0.39 is 0 Å². The van der Waals surface area contributed by atoms with Crippen LogP contribution in [0.4, 0.5) is 0 Å². The van der Waals surface area contributed by atoms with E-state index in [9.17, 15) is 4.79 Å². The van der Waals surface area contributed by atoms with E-state index in [4.69, 9.17) is 0 Å². The summed E-state index contributed by atoms with van der Waals surface area (Å²) < 4.78 is 1.84. The van der Waals surface area contributed by atoms with Gasteiger partial charge in [0.25, 0.3) is 0 Å². The molecule has 1 aromatic heterocycles. The van der Waals surface area contributed by atoms with Crippen LogP contribution < -0.4 is 5.32 Å². The minimum absolute atomic E-state index is 0.0229. The highest BCUT2D eigenvalue weighted by atomic mass is 16.1. The van der Waals surface area contributed by atoms with Crippen LogP contribution >= 0.6 is 0 Å². The third kappa shape index (κ3) is 5.10. The van der Waals surface area contributed by atoms with Crippen LogP contribution in [-0.4, -0.2) is 15.7 Å². The quantitative estimate of drug-likeness (QED) is 0.632. The predicted molar refractivity (Wildman–Crippen MR) is 113 cm³/mol. The summed E-state index contributed by atoms with van der Waals surface area (Å²) in [5, 5.41) is 7.68. The highest BCUT2D eigenvalue weighted by molar-refractivity contribution is 5.79. The van der Waals surface area contributed by atoms with Crippen LogP contribution in [-0.2, 0) is 24.7 Å². The summed E-state index contributed by atoms with van der Waals surface area (Å²) in [6.45, 7) is 3.97. The molecule has 146 valence electrons. The third-order valence-electron chi connectivity index (χ3n) is 5.33. The standard InChI is InChI=1S/C24H29N3O/c1-18-22(19(2)27(3)26-18)17-24(28)25-23(21-14-8-5-9-15-21)16-10-13-20-11-6-4-7-12-20/h4-9,11-12,14-15,23H,10,13,16-17H2,1-3H3,(H,25,28). The second kappa shape index (κ2) is 9.36. The van der Waals surface area contributed by atoms with Crippen molar-refractivity contribution < 1.29 is 4.79 Å². The topological polar surface area (TPSA) is 46.9 Å². The maximum atomic E-state index is 12.8. The summed E-state index contributed by atoms with van der Waals surface area (Å²) >= 11 is 0. The van der Waals surface area contributed by atoms with Crippen molar-refractivity contribution in [2.45, 2.75) is 45.6 Å². The van der Waals surface area contributed by atoms with Gasteiger partial charge in [-0.25, -0.2) is 0 Å². The highest BCUT2D eigenvalue weighted by Crippen LogP contribution is 2.21. The van der Waals surface area contributed by atoms with Crippen LogP contribution in [0.15, 0.2) is 60.7 Å². The van der Waals surface area contributed by atoms with Gasteiger partial charge in [-0.1, -0.05) is 60.7 Å². The number of aryl methyl sites for hydroxylation is 3. The summed E-state index contributed by atoms with van der Waals surface area (Å²) in [5.74, 6) is 0.0489. The predicted octanol–water partition coefficient (Wildman–Crippen LogP) is 4.46. The Morgan fingerprint density at radius 1 is 1.04 bits per heavy atom. The molecule has 3 aromatic rings. The summed E-state index contributed by atoms with van der Waals surface area (Å²) in [4.78, 5) is 12.8. The molecule has 1 heterocycles. The van der Waals surface area contributed by atoms with Gasteiger partial charge in [0.1, 0.15) is 0 Å². The van der Waals surface area contributed by atoms with E-state index in [0.29, 0.717) is 6.42 Å². The van der Waals surface area contributed by atoms with Crippen LogP contribution in [0.2, 0.25) is 0 Å². The lowest BCUT2D eigenvalue weighted by Gasteiger charge is -2.19. The number of benzene rings is 2. The van der Waals surface area contributed by atoms with E-state index >= 15 is 0 Å². The molecule has 0 aliphatic heterocycles. The van der Waals surface area contributed by atoms with Crippen molar-refractivity contribution in [3.63, 3.8) is 0 Å². The minimum Gasteiger partial charge on any atom is -0.349 e. The Hall–Kier alpha value is -2.88. The fourth-order valence-electron chi connectivity index (χ4n) is 3.64. The van der Waals surface area contributed by atoms with Crippen LogP contribution in [0.1, 0.15) is 47.0 Å². The summed E-state index contributed by atoms with van der Waals surface area (Å²) in [7, 11) is 1.92. The zero-order valence-electron chi connectivity index (χ0n) is 17.0.